The van der Waals surface area contributed by atoms with Crippen molar-refractivity contribution in [3.63, 3.8) is 0 Å². The van der Waals surface area contributed by atoms with Crippen LogP contribution < -0.4 is 9.47 Å². The first-order valence-electron chi connectivity index (χ1n) is 9.67. The summed E-state index contributed by atoms with van der Waals surface area (Å²) < 4.78 is 11.5. The molecule has 1 unspecified atom stereocenters. The molecule has 0 aromatic heterocycles. The largest absolute Gasteiger partial charge is 0.493 e. The zero-order valence-electron chi connectivity index (χ0n) is 16.6. The van der Waals surface area contributed by atoms with Crippen LogP contribution in [-0.2, 0) is 4.79 Å². The number of amides is 1. The van der Waals surface area contributed by atoms with E-state index in [1.807, 2.05) is 25.1 Å². The van der Waals surface area contributed by atoms with Gasteiger partial charge in [-0.1, -0.05) is 19.9 Å². The quantitative estimate of drug-likeness (QED) is 0.760. The normalized spacial score (nSPS) is 30.9. The lowest BCUT2D eigenvalue weighted by Gasteiger charge is -2.33. The van der Waals surface area contributed by atoms with Crippen molar-refractivity contribution < 1.29 is 24.5 Å². The fourth-order valence-electron chi connectivity index (χ4n) is 4.07. The number of nitrogens with zero attached hydrogens (tertiary/aromatic N) is 1. The first kappa shape index (κ1) is 20.0. The van der Waals surface area contributed by atoms with E-state index >= 15 is 0 Å². The molecule has 0 bridgehead atoms. The molecule has 2 aliphatic rings. The molecular formula is C21H31NO5. The minimum atomic E-state index is -0.599. The number of aliphatic hydroxyl groups is 2. The van der Waals surface area contributed by atoms with E-state index in [-0.39, 0.29) is 11.8 Å². The molecule has 0 radical (unpaired) electrons. The summed E-state index contributed by atoms with van der Waals surface area (Å²) in [4.78, 5) is 13.7. The molecule has 150 valence electrons. The molecule has 1 aliphatic heterocycles. The van der Waals surface area contributed by atoms with Gasteiger partial charge in [-0.25, -0.2) is 0 Å². The third-order valence-corrected chi connectivity index (χ3v) is 6.49. The second-order valence-corrected chi connectivity index (χ2v) is 8.36. The molecule has 1 aromatic carbocycles. The highest BCUT2D eigenvalue weighted by molar-refractivity contribution is 5.77. The van der Waals surface area contributed by atoms with E-state index in [2.05, 4.69) is 6.92 Å². The van der Waals surface area contributed by atoms with Gasteiger partial charge in [-0.2, -0.15) is 0 Å². The van der Waals surface area contributed by atoms with Crippen LogP contribution in [0.5, 0.6) is 11.5 Å². The molecule has 1 aliphatic carbocycles. The average molecular weight is 377 g/mol. The first-order valence-corrected chi connectivity index (χ1v) is 9.67. The zero-order chi connectivity index (χ0) is 19.8. The fourth-order valence-corrected chi connectivity index (χ4v) is 4.07. The van der Waals surface area contributed by atoms with Crippen LogP contribution in [0.25, 0.3) is 0 Å². The van der Waals surface area contributed by atoms with Gasteiger partial charge < -0.3 is 24.6 Å². The summed E-state index contributed by atoms with van der Waals surface area (Å²) in [5.74, 6) is 2.34. The third-order valence-electron chi connectivity index (χ3n) is 6.49. The Morgan fingerprint density at radius 3 is 2.67 bits per heavy atom. The molecule has 1 aromatic rings. The maximum Gasteiger partial charge on any atom is 0.248 e. The standard InChI is InChI=1S/C21H31NO5/c1-13-7-16(13)11-27-19-8-15(5-6-18(19)26-4)17-9-22(20(25)10-23)12-21(17,3)14(2)24/h5-6,8,13-14,16-17,23-24H,7,9-12H2,1-4H3/t13-,14-,16?,17+,21+/m1/s1. The zero-order valence-corrected chi connectivity index (χ0v) is 16.6. The van der Waals surface area contributed by atoms with E-state index < -0.39 is 18.1 Å². The van der Waals surface area contributed by atoms with Gasteiger partial charge in [0, 0.05) is 24.4 Å². The minimum Gasteiger partial charge on any atom is -0.493 e. The van der Waals surface area contributed by atoms with Crippen molar-refractivity contribution in [3.8, 4) is 11.5 Å². The highest BCUT2D eigenvalue weighted by atomic mass is 16.5. The number of hydrogen-bond acceptors (Lipinski definition) is 5. The molecule has 6 nitrogen and oxygen atoms in total. The number of ether oxygens (including phenoxy) is 2. The van der Waals surface area contributed by atoms with E-state index in [1.165, 1.54) is 6.42 Å². The summed E-state index contributed by atoms with van der Waals surface area (Å²) >= 11 is 0. The Labute approximate surface area is 161 Å². The Balaban J connectivity index is 1.87. The van der Waals surface area contributed by atoms with E-state index in [9.17, 15) is 15.0 Å². The van der Waals surface area contributed by atoms with E-state index in [0.29, 0.717) is 43.0 Å². The van der Waals surface area contributed by atoms with Crippen molar-refractivity contribution in [1.82, 2.24) is 4.90 Å². The molecule has 1 heterocycles. The van der Waals surface area contributed by atoms with Crippen LogP contribution in [-0.4, -0.2) is 60.5 Å². The summed E-state index contributed by atoms with van der Waals surface area (Å²) in [5, 5.41) is 19.7. The van der Waals surface area contributed by atoms with E-state index in [4.69, 9.17) is 9.47 Å². The van der Waals surface area contributed by atoms with Crippen molar-refractivity contribution in [1.29, 1.82) is 0 Å². The Bertz CT molecular complexity index is 691. The van der Waals surface area contributed by atoms with Gasteiger partial charge in [-0.05, 0) is 42.9 Å². The molecule has 6 heteroatoms. The lowest BCUT2D eigenvalue weighted by Crippen LogP contribution is -2.38. The Morgan fingerprint density at radius 2 is 2.11 bits per heavy atom. The van der Waals surface area contributed by atoms with Gasteiger partial charge in [-0.15, -0.1) is 0 Å². The molecule has 0 spiro atoms. The number of likely N-dealkylation sites (tertiary alicyclic amines) is 1. The Morgan fingerprint density at radius 1 is 1.41 bits per heavy atom. The molecule has 2 N–H and O–H groups in total. The molecule has 3 rings (SSSR count). The third kappa shape index (κ3) is 3.92. The van der Waals surface area contributed by atoms with Gasteiger partial charge in [0.25, 0.3) is 0 Å². The van der Waals surface area contributed by atoms with Crippen molar-refractivity contribution >= 4 is 5.91 Å². The van der Waals surface area contributed by atoms with Gasteiger partial charge in [0.15, 0.2) is 11.5 Å². The van der Waals surface area contributed by atoms with Crippen LogP contribution in [0.3, 0.4) is 0 Å². The number of aliphatic hydroxyl groups excluding tert-OH is 2. The van der Waals surface area contributed by atoms with Gasteiger partial charge in [0.1, 0.15) is 6.61 Å². The summed E-state index contributed by atoms with van der Waals surface area (Å²) in [6.07, 6.45) is 0.598. The molecule has 27 heavy (non-hydrogen) atoms. The SMILES string of the molecule is COc1ccc([C@@H]2CN(C(=O)CO)C[C@@]2(C)[C@@H](C)O)cc1OCC1C[C@H]1C. The van der Waals surface area contributed by atoms with Gasteiger partial charge in [0.2, 0.25) is 5.91 Å². The molecule has 1 saturated heterocycles. The summed E-state index contributed by atoms with van der Waals surface area (Å²) in [6.45, 7) is 7.01. The highest BCUT2D eigenvalue weighted by Gasteiger charge is 2.48. The van der Waals surface area contributed by atoms with Crippen molar-refractivity contribution in [2.75, 3.05) is 33.4 Å². The van der Waals surface area contributed by atoms with E-state index in [1.54, 1.807) is 18.9 Å². The number of carbonyl (C=O) groups is 1. The smallest absolute Gasteiger partial charge is 0.248 e. The summed E-state index contributed by atoms with van der Waals surface area (Å²) in [6, 6.07) is 5.84. The Hall–Kier alpha value is -1.79. The van der Waals surface area contributed by atoms with Crippen LogP contribution in [0.15, 0.2) is 18.2 Å². The fraction of sp³-hybridized carbons (Fsp3) is 0.667. The number of methoxy groups -OCH3 is 1. The highest BCUT2D eigenvalue weighted by Crippen LogP contribution is 2.47. The predicted molar refractivity (Wildman–Crippen MR) is 102 cm³/mol. The van der Waals surface area contributed by atoms with Crippen LogP contribution in [0.4, 0.5) is 0 Å². The average Bonchev–Trinajstić information content (AvgIpc) is 3.24. The minimum absolute atomic E-state index is 0.0545. The van der Waals surface area contributed by atoms with Crippen LogP contribution in [0.1, 0.15) is 38.7 Å². The summed E-state index contributed by atoms with van der Waals surface area (Å²) in [7, 11) is 1.62. The van der Waals surface area contributed by atoms with Gasteiger partial charge in [-0.3, -0.25) is 4.79 Å². The number of benzene rings is 1. The topological polar surface area (TPSA) is 79.2 Å². The van der Waals surface area contributed by atoms with E-state index in [0.717, 1.165) is 5.56 Å². The van der Waals surface area contributed by atoms with Crippen LogP contribution >= 0.6 is 0 Å². The number of hydrogen-bond donors (Lipinski definition) is 2. The lowest BCUT2D eigenvalue weighted by molar-refractivity contribution is -0.133. The van der Waals surface area contributed by atoms with Crippen molar-refractivity contribution in [2.45, 2.75) is 39.2 Å². The van der Waals surface area contributed by atoms with Crippen LogP contribution in [0.2, 0.25) is 0 Å². The van der Waals surface area contributed by atoms with Gasteiger partial charge >= 0.3 is 0 Å². The van der Waals surface area contributed by atoms with Crippen molar-refractivity contribution in [2.24, 2.45) is 17.3 Å². The second-order valence-electron chi connectivity index (χ2n) is 8.36. The molecular weight excluding hydrogens is 346 g/mol. The Kier molecular flexibility index (Phi) is 5.68. The second kappa shape index (κ2) is 7.68. The first-order chi connectivity index (χ1) is 12.8. The lowest BCUT2D eigenvalue weighted by atomic mass is 9.72. The van der Waals surface area contributed by atoms with Gasteiger partial charge in [0.05, 0.1) is 19.8 Å². The molecule has 1 saturated carbocycles. The van der Waals surface area contributed by atoms with Crippen LogP contribution in [0, 0.1) is 17.3 Å². The maximum absolute atomic E-state index is 12.0. The molecule has 1 amide bonds. The maximum atomic E-state index is 12.0. The summed E-state index contributed by atoms with van der Waals surface area (Å²) in [5.41, 5.74) is 0.508. The monoisotopic (exact) mass is 377 g/mol. The molecule has 5 atom stereocenters. The number of rotatable bonds is 7. The molecule has 2 fully saturated rings. The van der Waals surface area contributed by atoms with Crippen molar-refractivity contribution in [3.05, 3.63) is 23.8 Å². The predicted octanol–water partition coefficient (Wildman–Crippen LogP) is 2.04. The number of carbonyl (C=O) groups excluding carboxylic acids is 1.